The molecule has 2 N–H and O–H groups in total. The molecular weight excluding hydrogens is 314 g/mol. The maximum Gasteiger partial charge on any atom is 0.252 e. The van der Waals surface area contributed by atoms with Crippen molar-refractivity contribution in [1.29, 1.82) is 0 Å². The highest BCUT2D eigenvalue weighted by Crippen LogP contribution is 2.40. The van der Waals surface area contributed by atoms with Crippen LogP contribution in [0.3, 0.4) is 0 Å². The zero-order chi connectivity index (χ0) is 17.6. The molecule has 1 saturated carbocycles. The Labute approximate surface area is 147 Å². The van der Waals surface area contributed by atoms with Gasteiger partial charge in [0.05, 0.1) is 11.1 Å². The molecular formula is C20H23N3O2. The molecule has 130 valence electrons. The second-order valence-corrected chi connectivity index (χ2v) is 7.36. The third-order valence-corrected chi connectivity index (χ3v) is 5.10. The predicted molar refractivity (Wildman–Crippen MR) is 96.7 cm³/mol. The monoisotopic (exact) mass is 337 g/mol. The van der Waals surface area contributed by atoms with Crippen molar-refractivity contribution in [1.82, 2.24) is 15.6 Å². The van der Waals surface area contributed by atoms with Gasteiger partial charge in [0.2, 0.25) is 5.91 Å². The van der Waals surface area contributed by atoms with E-state index in [0.717, 1.165) is 47.0 Å². The minimum absolute atomic E-state index is 0.0379. The topological polar surface area (TPSA) is 71.1 Å². The predicted octanol–water partition coefficient (Wildman–Crippen LogP) is 2.74. The number of carbonyl (C=O) groups excluding carboxylic acids is 2. The molecule has 2 amide bonds. The third kappa shape index (κ3) is 3.23. The highest BCUT2D eigenvalue weighted by Gasteiger charge is 2.28. The second-order valence-electron chi connectivity index (χ2n) is 7.36. The molecule has 1 aliphatic heterocycles. The Balaban J connectivity index is 1.66. The first-order chi connectivity index (χ1) is 12.0. The van der Waals surface area contributed by atoms with Crippen LogP contribution in [0.25, 0.3) is 10.9 Å². The molecule has 0 radical (unpaired) electrons. The summed E-state index contributed by atoms with van der Waals surface area (Å²) in [5.41, 5.74) is 4.88. The zero-order valence-electron chi connectivity index (χ0n) is 14.7. The molecule has 2 fully saturated rings. The summed E-state index contributed by atoms with van der Waals surface area (Å²) >= 11 is 0. The van der Waals surface area contributed by atoms with Gasteiger partial charge < -0.3 is 10.6 Å². The van der Waals surface area contributed by atoms with Crippen molar-refractivity contribution >= 4 is 22.7 Å². The van der Waals surface area contributed by atoms with Gasteiger partial charge in [-0.3, -0.25) is 14.6 Å². The summed E-state index contributed by atoms with van der Waals surface area (Å²) in [6, 6.07) is 6.15. The van der Waals surface area contributed by atoms with Crippen LogP contribution in [-0.4, -0.2) is 29.4 Å². The maximum absolute atomic E-state index is 12.9. The summed E-state index contributed by atoms with van der Waals surface area (Å²) in [5.74, 6) is 0.474. The van der Waals surface area contributed by atoms with Crippen molar-refractivity contribution in [3.63, 3.8) is 0 Å². The van der Waals surface area contributed by atoms with E-state index in [4.69, 9.17) is 4.98 Å². The number of aromatic nitrogens is 1. The number of rotatable bonds is 4. The average Bonchev–Trinajstić information content (AvgIpc) is 3.34. The van der Waals surface area contributed by atoms with Gasteiger partial charge in [-0.2, -0.15) is 0 Å². The lowest BCUT2D eigenvalue weighted by molar-refractivity contribution is -0.119. The fourth-order valence-corrected chi connectivity index (χ4v) is 3.62. The largest absolute Gasteiger partial charge is 0.352 e. The van der Waals surface area contributed by atoms with Crippen molar-refractivity contribution in [3.8, 4) is 0 Å². The van der Waals surface area contributed by atoms with Gasteiger partial charge in [-0.1, -0.05) is 11.6 Å². The Hall–Kier alpha value is -2.43. The van der Waals surface area contributed by atoms with E-state index in [1.54, 1.807) is 0 Å². The van der Waals surface area contributed by atoms with Gasteiger partial charge in [-0.05, 0) is 50.8 Å². The lowest BCUT2D eigenvalue weighted by atomic mass is 10.00. The Bertz CT molecular complexity index is 871. The second kappa shape index (κ2) is 6.14. The number of carbonyl (C=O) groups is 2. The van der Waals surface area contributed by atoms with Crippen LogP contribution in [0.15, 0.2) is 18.2 Å². The highest BCUT2D eigenvalue weighted by atomic mass is 16.2. The van der Waals surface area contributed by atoms with E-state index < -0.39 is 0 Å². The van der Waals surface area contributed by atoms with Crippen molar-refractivity contribution < 1.29 is 9.59 Å². The van der Waals surface area contributed by atoms with E-state index in [1.165, 1.54) is 0 Å². The van der Waals surface area contributed by atoms with Gasteiger partial charge in [0.25, 0.3) is 5.91 Å². The number of aryl methyl sites for hydroxylation is 2. The molecule has 2 aromatic rings. The molecule has 0 bridgehead atoms. The summed E-state index contributed by atoms with van der Waals surface area (Å²) < 4.78 is 0. The van der Waals surface area contributed by atoms with Crippen LogP contribution >= 0.6 is 0 Å². The average molecular weight is 337 g/mol. The van der Waals surface area contributed by atoms with E-state index in [-0.39, 0.29) is 17.9 Å². The molecule has 2 aliphatic rings. The van der Waals surface area contributed by atoms with Crippen LogP contribution in [0.2, 0.25) is 0 Å². The summed E-state index contributed by atoms with van der Waals surface area (Å²) in [6.45, 7) is 4.56. The Morgan fingerprint density at radius 2 is 2.04 bits per heavy atom. The van der Waals surface area contributed by atoms with Gasteiger partial charge in [-0.25, -0.2) is 0 Å². The van der Waals surface area contributed by atoms with Crippen LogP contribution in [0.5, 0.6) is 0 Å². The number of amides is 2. The minimum Gasteiger partial charge on any atom is -0.352 e. The van der Waals surface area contributed by atoms with Crippen LogP contribution < -0.4 is 10.6 Å². The summed E-state index contributed by atoms with van der Waals surface area (Å²) in [4.78, 5) is 29.0. The molecule has 25 heavy (non-hydrogen) atoms. The first-order valence-electron chi connectivity index (χ1n) is 9.00. The molecule has 1 aromatic heterocycles. The normalized spacial score (nSPS) is 19.9. The molecule has 5 heteroatoms. The molecule has 0 unspecified atom stereocenters. The molecule has 1 saturated heterocycles. The number of fused-ring (bicyclic) bond motifs is 1. The van der Waals surface area contributed by atoms with Crippen molar-refractivity contribution in [2.75, 3.05) is 6.54 Å². The number of benzene rings is 1. The number of hydrogen-bond acceptors (Lipinski definition) is 3. The fourth-order valence-electron chi connectivity index (χ4n) is 3.62. The highest BCUT2D eigenvalue weighted by molar-refractivity contribution is 6.07. The molecule has 0 spiro atoms. The van der Waals surface area contributed by atoms with Crippen molar-refractivity contribution in [2.24, 2.45) is 0 Å². The molecule has 4 rings (SSSR count). The Morgan fingerprint density at radius 3 is 2.72 bits per heavy atom. The quantitative estimate of drug-likeness (QED) is 0.901. The van der Waals surface area contributed by atoms with E-state index in [2.05, 4.69) is 23.6 Å². The van der Waals surface area contributed by atoms with Crippen molar-refractivity contribution in [3.05, 3.63) is 40.6 Å². The van der Waals surface area contributed by atoms with E-state index in [0.29, 0.717) is 24.4 Å². The SMILES string of the molecule is Cc1cc(C)c2nc(C3CC3)cc(C(=O)NC[C@@H]3CCC(=O)N3)c2c1. The molecule has 5 nitrogen and oxygen atoms in total. The number of hydrogen-bond donors (Lipinski definition) is 2. The van der Waals surface area contributed by atoms with Crippen LogP contribution in [-0.2, 0) is 4.79 Å². The molecule has 1 atom stereocenters. The molecule has 1 aliphatic carbocycles. The lowest BCUT2D eigenvalue weighted by Gasteiger charge is -2.14. The standard InChI is InChI=1S/C20H23N3O2/c1-11-7-12(2)19-15(8-11)16(9-17(23-19)13-3-4-13)20(25)21-10-14-5-6-18(24)22-14/h7-9,13-14H,3-6,10H2,1-2H3,(H,21,25)(H,22,24)/t14-/m0/s1. The number of pyridine rings is 1. The van der Waals surface area contributed by atoms with Crippen LogP contribution in [0.1, 0.15) is 58.8 Å². The number of nitrogens with one attached hydrogen (secondary N) is 2. The van der Waals surface area contributed by atoms with E-state index >= 15 is 0 Å². The summed E-state index contributed by atoms with van der Waals surface area (Å²) in [5, 5.41) is 6.80. The minimum atomic E-state index is -0.0829. The Kier molecular flexibility index (Phi) is 3.94. The van der Waals surface area contributed by atoms with Crippen LogP contribution in [0, 0.1) is 13.8 Å². The van der Waals surface area contributed by atoms with Gasteiger partial charge in [-0.15, -0.1) is 0 Å². The summed E-state index contributed by atoms with van der Waals surface area (Å²) in [6.07, 6.45) is 3.63. The van der Waals surface area contributed by atoms with E-state index in [9.17, 15) is 9.59 Å². The lowest BCUT2D eigenvalue weighted by Crippen LogP contribution is -2.38. The zero-order valence-corrected chi connectivity index (χ0v) is 14.7. The van der Waals surface area contributed by atoms with Crippen molar-refractivity contribution in [2.45, 2.75) is 51.5 Å². The fraction of sp³-hybridized carbons (Fsp3) is 0.450. The summed E-state index contributed by atoms with van der Waals surface area (Å²) in [7, 11) is 0. The van der Waals surface area contributed by atoms with Gasteiger partial charge in [0, 0.05) is 36.0 Å². The first kappa shape index (κ1) is 16.1. The molecule has 1 aromatic carbocycles. The van der Waals surface area contributed by atoms with Gasteiger partial charge in [0.1, 0.15) is 0 Å². The smallest absolute Gasteiger partial charge is 0.252 e. The maximum atomic E-state index is 12.9. The van der Waals surface area contributed by atoms with Crippen LogP contribution in [0.4, 0.5) is 0 Å². The molecule has 2 heterocycles. The Morgan fingerprint density at radius 1 is 1.24 bits per heavy atom. The third-order valence-electron chi connectivity index (χ3n) is 5.10. The van der Waals surface area contributed by atoms with Gasteiger partial charge >= 0.3 is 0 Å². The first-order valence-corrected chi connectivity index (χ1v) is 9.00. The number of nitrogens with zero attached hydrogens (tertiary/aromatic N) is 1. The van der Waals surface area contributed by atoms with Gasteiger partial charge in [0.15, 0.2) is 0 Å². The van der Waals surface area contributed by atoms with E-state index in [1.807, 2.05) is 19.1 Å².